The highest BCUT2D eigenvalue weighted by Gasteiger charge is 2.12. The highest BCUT2D eigenvalue weighted by Crippen LogP contribution is 2.27. The summed E-state index contributed by atoms with van der Waals surface area (Å²) in [4.78, 5) is 21.0. The maximum atomic E-state index is 12.5. The molecular weight excluding hydrogens is 428 g/mol. The van der Waals surface area contributed by atoms with E-state index < -0.39 is 0 Å². The Bertz CT molecular complexity index is 1240. The fourth-order valence-electron chi connectivity index (χ4n) is 3.04. The number of nitrogens with one attached hydrogen (secondary N) is 2. The number of aromatic nitrogens is 2. The number of benzene rings is 2. The fraction of sp³-hybridized carbons (Fsp3) is 0.130. The molecular formula is C23H20N4O4S. The van der Waals surface area contributed by atoms with Crippen molar-refractivity contribution >= 4 is 34.5 Å². The molecule has 8 nitrogen and oxygen atoms in total. The van der Waals surface area contributed by atoms with Gasteiger partial charge in [-0.2, -0.15) is 4.98 Å². The molecule has 4 rings (SSSR count). The summed E-state index contributed by atoms with van der Waals surface area (Å²) in [5.41, 5.74) is 3.44. The van der Waals surface area contributed by atoms with Crippen molar-refractivity contribution in [2.75, 3.05) is 14.2 Å². The van der Waals surface area contributed by atoms with Crippen LogP contribution in [0.1, 0.15) is 15.9 Å². The SMILES string of the molecule is COc1ccc(C(=O)NC(=S)NCc2ccc(-c3nc4ncccc4o3)cc2)cc1OC. The smallest absolute Gasteiger partial charge is 0.257 e. The van der Waals surface area contributed by atoms with Crippen LogP contribution in [0.3, 0.4) is 0 Å². The van der Waals surface area contributed by atoms with E-state index in [9.17, 15) is 4.79 Å². The minimum Gasteiger partial charge on any atom is -0.493 e. The lowest BCUT2D eigenvalue weighted by Gasteiger charge is -2.12. The number of amides is 1. The highest BCUT2D eigenvalue weighted by atomic mass is 32.1. The Morgan fingerprint density at radius 2 is 1.84 bits per heavy atom. The van der Waals surface area contributed by atoms with Crippen LogP contribution in [0.5, 0.6) is 11.5 Å². The third-order valence-electron chi connectivity index (χ3n) is 4.69. The zero-order chi connectivity index (χ0) is 22.5. The van der Waals surface area contributed by atoms with Crippen molar-refractivity contribution in [3.8, 4) is 23.0 Å². The molecule has 0 unspecified atom stereocenters. The van der Waals surface area contributed by atoms with Crippen molar-refractivity contribution < 1.29 is 18.7 Å². The van der Waals surface area contributed by atoms with Crippen molar-refractivity contribution in [1.29, 1.82) is 0 Å². The summed E-state index contributed by atoms with van der Waals surface area (Å²) in [7, 11) is 3.05. The maximum Gasteiger partial charge on any atom is 0.257 e. The number of ether oxygens (including phenoxy) is 2. The van der Waals surface area contributed by atoms with Gasteiger partial charge in [0.15, 0.2) is 27.8 Å². The van der Waals surface area contributed by atoms with Gasteiger partial charge in [0.2, 0.25) is 5.89 Å². The molecule has 2 aromatic carbocycles. The molecule has 0 aliphatic rings. The molecule has 32 heavy (non-hydrogen) atoms. The largest absolute Gasteiger partial charge is 0.493 e. The summed E-state index contributed by atoms with van der Waals surface area (Å²) in [5.74, 6) is 1.18. The van der Waals surface area contributed by atoms with Gasteiger partial charge in [0.25, 0.3) is 5.91 Å². The van der Waals surface area contributed by atoms with Gasteiger partial charge in [0.1, 0.15) is 0 Å². The van der Waals surface area contributed by atoms with E-state index in [1.165, 1.54) is 14.2 Å². The van der Waals surface area contributed by atoms with Crippen LogP contribution >= 0.6 is 12.2 Å². The van der Waals surface area contributed by atoms with Crippen LogP contribution in [0.4, 0.5) is 0 Å². The summed E-state index contributed by atoms with van der Waals surface area (Å²) in [6, 6.07) is 16.2. The Balaban J connectivity index is 1.34. The average Bonchev–Trinajstić information content (AvgIpc) is 3.27. The number of pyridine rings is 1. The van der Waals surface area contributed by atoms with Gasteiger partial charge in [0, 0.05) is 23.9 Å². The van der Waals surface area contributed by atoms with Crippen molar-refractivity contribution in [3.05, 3.63) is 71.9 Å². The molecule has 0 saturated heterocycles. The summed E-state index contributed by atoms with van der Waals surface area (Å²) < 4.78 is 16.1. The van der Waals surface area contributed by atoms with Crippen LogP contribution in [0.2, 0.25) is 0 Å². The second-order valence-electron chi connectivity index (χ2n) is 6.75. The molecule has 0 bridgehead atoms. The predicted molar refractivity (Wildman–Crippen MR) is 124 cm³/mol. The molecule has 0 radical (unpaired) electrons. The van der Waals surface area contributed by atoms with Crippen LogP contribution in [-0.2, 0) is 6.54 Å². The van der Waals surface area contributed by atoms with Gasteiger partial charge in [-0.3, -0.25) is 10.1 Å². The van der Waals surface area contributed by atoms with Gasteiger partial charge in [-0.15, -0.1) is 0 Å². The Morgan fingerprint density at radius 1 is 1.06 bits per heavy atom. The molecule has 0 fully saturated rings. The summed E-state index contributed by atoms with van der Waals surface area (Å²) in [5, 5.41) is 5.91. The molecule has 0 aliphatic heterocycles. The topological polar surface area (TPSA) is 98.5 Å². The molecule has 9 heteroatoms. The lowest BCUT2D eigenvalue weighted by molar-refractivity contribution is 0.0976. The van der Waals surface area contributed by atoms with E-state index in [-0.39, 0.29) is 11.0 Å². The second-order valence-corrected chi connectivity index (χ2v) is 7.16. The number of methoxy groups -OCH3 is 2. The van der Waals surface area contributed by atoms with Crippen molar-refractivity contribution in [2.45, 2.75) is 6.54 Å². The Kier molecular flexibility index (Phi) is 6.27. The Labute approximate surface area is 189 Å². The molecule has 2 heterocycles. The van der Waals surface area contributed by atoms with E-state index >= 15 is 0 Å². The lowest BCUT2D eigenvalue weighted by atomic mass is 10.1. The van der Waals surface area contributed by atoms with Crippen LogP contribution in [-0.4, -0.2) is 35.2 Å². The molecule has 0 spiro atoms. The van der Waals surface area contributed by atoms with Crippen molar-refractivity contribution in [1.82, 2.24) is 20.6 Å². The van der Waals surface area contributed by atoms with E-state index in [4.69, 9.17) is 26.1 Å². The second kappa shape index (κ2) is 9.44. The third-order valence-corrected chi connectivity index (χ3v) is 4.94. The standard InChI is InChI=1S/C23H20N4O4S/c1-29-17-10-9-16(12-19(17)30-2)21(28)27-23(32)25-13-14-5-7-15(8-6-14)22-26-20-18(31-22)4-3-11-24-20/h3-12H,13H2,1-2H3,(H2,25,27,28,32). The maximum absolute atomic E-state index is 12.5. The molecule has 4 aromatic rings. The third kappa shape index (κ3) is 4.68. The number of rotatable bonds is 6. The molecule has 2 aromatic heterocycles. The average molecular weight is 449 g/mol. The van der Waals surface area contributed by atoms with E-state index in [0.717, 1.165) is 11.1 Å². The molecule has 2 N–H and O–H groups in total. The number of oxazole rings is 1. The van der Waals surface area contributed by atoms with Crippen LogP contribution in [0.25, 0.3) is 22.7 Å². The zero-order valence-corrected chi connectivity index (χ0v) is 18.2. The van der Waals surface area contributed by atoms with Gasteiger partial charge in [-0.25, -0.2) is 4.98 Å². The molecule has 0 saturated carbocycles. The predicted octanol–water partition coefficient (Wildman–Crippen LogP) is 3.71. The highest BCUT2D eigenvalue weighted by molar-refractivity contribution is 7.80. The number of carbonyl (C=O) groups is 1. The minimum absolute atomic E-state index is 0.221. The van der Waals surface area contributed by atoms with Crippen LogP contribution in [0, 0.1) is 0 Å². The summed E-state index contributed by atoms with van der Waals surface area (Å²) in [6.07, 6.45) is 1.68. The summed E-state index contributed by atoms with van der Waals surface area (Å²) >= 11 is 5.25. The normalized spacial score (nSPS) is 10.6. The number of hydrogen-bond donors (Lipinski definition) is 2. The van der Waals surface area contributed by atoms with Gasteiger partial charge in [0.05, 0.1) is 14.2 Å². The first kappa shape index (κ1) is 21.3. The van der Waals surface area contributed by atoms with Crippen LogP contribution < -0.4 is 20.1 Å². The van der Waals surface area contributed by atoms with Crippen molar-refractivity contribution in [3.63, 3.8) is 0 Å². The lowest BCUT2D eigenvalue weighted by Crippen LogP contribution is -2.38. The number of nitrogens with zero attached hydrogens (tertiary/aromatic N) is 2. The van der Waals surface area contributed by atoms with Gasteiger partial charge < -0.3 is 19.2 Å². The molecule has 0 atom stereocenters. The Morgan fingerprint density at radius 3 is 2.56 bits per heavy atom. The number of carbonyl (C=O) groups excluding carboxylic acids is 1. The van der Waals surface area contributed by atoms with Crippen LogP contribution in [0.15, 0.2) is 65.2 Å². The number of hydrogen-bond acceptors (Lipinski definition) is 7. The molecule has 0 aliphatic carbocycles. The zero-order valence-electron chi connectivity index (χ0n) is 17.4. The molecule has 1 amide bonds. The minimum atomic E-state index is -0.344. The Hall–Kier alpha value is -3.98. The first-order valence-corrected chi connectivity index (χ1v) is 10.1. The molecule has 162 valence electrons. The fourth-order valence-corrected chi connectivity index (χ4v) is 3.20. The van der Waals surface area contributed by atoms with E-state index in [1.807, 2.05) is 30.3 Å². The first-order chi connectivity index (χ1) is 15.6. The van der Waals surface area contributed by atoms with Gasteiger partial charge in [-0.05, 0) is 60.2 Å². The number of thiocarbonyl (C=S) groups is 1. The quantitative estimate of drug-likeness (QED) is 0.431. The first-order valence-electron chi connectivity index (χ1n) is 9.69. The van der Waals surface area contributed by atoms with E-state index in [1.54, 1.807) is 30.5 Å². The van der Waals surface area contributed by atoms with Gasteiger partial charge in [-0.1, -0.05) is 12.1 Å². The number of fused-ring (bicyclic) bond motifs is 1. The summed E-state index contributed by atoms with van der Waals surface area (Å²) in [6.45, 7) is 0.445. The monoisotopic (exact) mass is 448 g/mol. The van der Waals surface area contributed by atoms with Gasteiger partial charge >= 0.3 is 0 Å². The van der Waals surface area contributed by atoms with E-state index in [2.05, 4.69) is 20.6 Å². The van der Waals surface area contributed by atoms with E-state index in [0.29, 0.717) is 40.7 Å². The van der Waals surface area contributed by atoms with Crippen molar-refractivity contribution in [2.24, 2.45) is 0 Å².